The predicted octanol–water partition coefficient (Wildman–Crippen LogP) is 4.69. The Morgan fingerprint density at radius 2 is 1.85 bits per heavy atom. The molecule has 0 aliphatic carbocycles. The molecule has 3 aromatic rings. The highest BCUT2D eigenvalue weighted by Gasteiger charge is 2.05. The molecule has 0 spiro atoms. The van der Waals surface area contributed by atoms with Crippen LogP contribution in [-0.4, -0.2) is 11.1 Å². The number of nitrogens with zero attached hydrogens (tertiary/aromatic N) is 1. The number of pyridine rings is 1. The van der Waals surface area contributed by atoms with Crippen LogP contribution in [0.25, 0.3) is 21.9 Å². The molecule has 0 saturated carbocycles. The first kappa shape index (κ1) is 12.7. The molecule has 2 heteroatoms. The van der Waals surface area contributed by atoms with Gasteiger partial charge in [-0.05, 0) is 48.6 Å². The molecule has 0 radical (unpaired) electrons. The predicted molar refractivity (Wildman–Crippen MR) is 82.9 cm³/mol. The molecule has 0 aliphatic heterocycles. The van der Waals surface area contributed by atoms with Gasteiger partial charge in [-0.1, -0.05) is 30.3 Å². The van der Waals surface area contributed by atoms with E-state index < -0.39 is 0 Å². The van der Waals surface area contributed by atoms with E-state index in [1.54, 1.807) is 0 Å². The number of hydrogen-bond donors (Lipinski definition) is 0. The number of aromatic nitrogens is 1. The monoisotopic (exact) mass is 263 g/mol. The molecule has 0 fully saturated rings. The smallest absolute Gasteiger partial charge is 0.120 e. The fourth-order valence-electron chi connectivity index (χ4n) is 2.38. The molecule has 2 nitrogen and oxygen atoms in total. The normalized spacial score (nSPS) is 10.9. The minimum Gasteiger partial charge on any atom is -0.491 e. The summed E-state index contributed by atoms with van der Waals surface area (Å²) in [6.45, 7) is 4.08. The molecule has 100 valence electrons. The minimum absolute atomic E-state index is 0.182. The first-order chi connectivity index (χ1) is 9.74. The number of hydrogen-bond acceptors (Lipinski definition) is 2. The quantitative estimate of drug-likeness (QED) is 0.684. The van der Waals surface area contributed by atoms with Crippen molar-refractivity contribution in [1.29, 1.82) is 0 Å². The highest BCUT2D eigenvalue weighted by atomic mass is 16.5. The molecule has 0 saturated heterocycles. The maximum Gasteiger partial charge on any atom is 0.120 e. The van der Waals surface area contributed by atoms with Crippen molar-refractivity contribution in [3.63, 3.8) is 0 Å². The van der Waals surface area contributed by atoms with Crippen LogP contribution >= 0.6 is 0 Å². The van der Waals surface area contributed by atoms with Gasteiger partial charge in [-0.3, -0.25) is 4.98 Å². The Morgan fingerprint density at radius 1 is 1.00 bits per heavy atom. The number of fused-ring (bicyclic) bond motifs is 1. The molecule has 0 aliphatic rings. The Labute approximate surface area is 119 Å². The maximum absolute atomic E-state index is 5.78. The molecule has 0 bridgehead atoms. The average Bonchev–Trinajstić information content (AvgIpc) is 2.46. The van der Waals surface area contributed by atoms with E-state index in [0.29, 0.717) is 0 Å². The van der Waals surface area contributed by atoms with Crippen LogP contribution in [-0.2, 0) is 0 Å². The van der Waals surface area contributed by atoms with Gasteiger partial charge in [0.2, 0.25) is 0 Å². The topological polar surface area (TPSA) is 22.1 Å². The summed E-state index contributed by atoms with van der Waals surface area (Å²) < 4.78 is 5.78. The molecule has 0 atom stereocenters. The van der Waals surface area contributed by atoms with Crippen molar-refractivity contribution in [2.24, 2.45) is 0 Å². The zero-order chi connectivity index (χ0) is 13.9. The van der Waals surface area contributed by atoms with Gasteiger partial charge in [-0.2, -0.15) is 0 Å². The summed E-state index contributed by atoms with van der Waals surface area (Å²) in [5.41, 5.74) is 2.37. The fourth-order valence-corrected chi connectivity index (χ4v) is 2.38. The van der Waals surface area contributed by atoms with Crippen LogP contribution in [0.3, 0.4) is 0 Å². The summed E-state index contributed by atoms with van der Waals surface area (Å²) in [5.74, 6) is 0.906. The van der Waals surface area contributed by atoms with Gasteiger partial charge in [-0.25, -0.2) is 0 Å². The molecule has 0 amide bonds. The summed E-state index contributed by atoms with van der Waals surface area (Å²) in [6.07, 6.45) is 3.91. The fraction of sp³-hybridized carbons (Fsp3) is 0.167. The Bertz CT molecular complexity index is 729. The van der Waals surface area contributed by atoms with E-state index in [9.17, 15) is 0 Å². The summed E-state index contributed by atoms with van der Waals surface area (Å²) in [6, 6.07) is 16.6. The molecule has 1 heterocycles. The van der Waals surface area contributed by atoms with Crippen LogP contribution in [0.2, 0.25) is 0 Å². The summed E-state index contributed by atoms with van der Waals surface area (Å²) >= 11 is 0. The van der Waals surface area contributed by atoms with Crippen LogP contribution in [0, 0.1) is 0 Å². The van der Waals surface area contributed by atoms with E-state index in [-0.39, 0.29) is 6.10 Å². The van der Waals surface area contributed by atoms with Gasteiger partial charge in [0.15, 0.2) is 0 Å². The second-order valence-electron chi connectivity index (χ2n) is 5.10. The van der Waals surface area contributed by atoms with Gasteiger partial charge in [0, 0.05) is 17.8 Å². The Morgan fingerprint density at radius 3 is 2.70 bits per heavy atom. The van der Waals surface area contributed by atoms with Crippen LogP contribution < -0.4 is 4.74 Å². The number of ether oxygens (including phenoxy) is 1. The molecular weight excluding hydrogens is 246 g/mol. The molecule has 0 unspecified atom stereocenters. The number of benzene rings is 2. The zero-order valence-electron chi connectivity index (χ0n) is 11.7. The Hall–Kier alpha value is -2.35. The van der Waals surface area contributed by atoms with Crippen molar-refractivity contribution in [2.45, 2.75) is 20.0 Å². The van der Waals surface area contributed by atoms with E-state index in [1.165, 1.54) is 16.5 Å². The Balaban J connectivity index is 2.11. The minimum atomic E-state index is 0.182. The van der Waals surface area contributed by atoms with Crippen LogP contribution in [0.1, 0.15) is 13.8 Å². The Kier molecular flexibility index (Phi) is 3.38. The first-order valence-corrected chi connectivity index (χ1v) is 6.84. The maximum atomic E-state index is 5.78. The van der Waals surface area contributed by atoms with E-state index in [2.05, 4.69) is 41.4 Å². The molecule has 1 aromatic heterocycles. The lowest BCUT2D eigenvalue weighted by Crippen LogP contribution is -2.05. The van der Waals surface area contributed by atoms with Gasteiger partial charge in [0.1, 0.15) is 5.75 Å². The first-order valence-electron chi connectivity index (χ1n) is 6.84. The van der Waals surface area contributed by atoms with Crippen molar-refractivity contribution in [1.82, 2.24) is 4.98 Å². The van der Waals surface area contributed by atoms with Crippen molar-refractivity contribution in [3.8, 4) is 16.9 Å². The second-order valence-corrected chi connectivity index (χ2v) is 5.10. The SMILES string of the molecule is CC(C)Oc1cccc(-c2cccc3cnccc23)c1. The third-order valence-corrected chi connectivity index (χ3v) is 3.20. The lowest BCUT2D eigenvalue weighted by molar-refractivity contribution is 0.242. The lowest BCUT2D eigenvalue weighted by Gasteiger charge is -2.12. The third-order valence-electron chi connectivity index (χ3n) is 3.20. The largest absolute Gasteiger partial charge is 0.491 e. The molecule has 0 N–H and O–H groups in total. The summed E-state index contributed by atoms with van der Waals surface area (Å²) in [4.78, 5) is 4.18. The van der Waals surface area contributed by atoms with E-state index in [1.807, 2.05) is 38.4 Å². The van der Waals surface area contributed by atoms with Gasteiger partial charge < -0.3 is 4.74 Å². The van der Waals surface area contributed by atoms with Crippen molar-refractivity contribution in [2.75, 3.05) is 0 Å². The summed E-state index contributed by atoms with van der Waals surface area (Å²) in [5, 5.41) is 2.37. The molecule has 3 rings (SSSR count). The zero-order valence-corrected chi connectivity index (χ0v) is 11.7. The number of rotatable bonds is 3. The average molecular weight is 263 g/mol. The highest BCUT2D eigenvalue weighted by molar-refractivity contribution is 5.96. The molecule has 2 aromatic carbocycles. The summed E-state index contributed by atoms with van der Waals surface area (Å²) in [7, 11) is 0. The molecular formula is C18H17NO. The van der Waals surface area contributed by atoms with Gasteiger partial charge >= 0.3 is 0 Å². The second kappa shape index (κ2) is 5.33. The van der Waals surface area contributed by atoms with Crippen molar-refractivity contribution >= 4 is 10.8 Å². The van der Waals surface area contributed by atoms with Crippen molar-refractivity contribution in [3.05, 3.63) is 60.9 Å². The highest BCUT2D eigenvalue weighted by Crippen LogP contribution is 2.30. The third kappa shape index (κ3) is 2.50. The van der Waals surface area contributed by atoms with Gasteiger partial charge in [0.05, 0.1) is 6.10 Å². The van der Waals surface area contributed by atoms with E-state index >= 15 is 0 Å². The van der Waals surface area contributed by atoms with Gasteiger partial charge in [-0.15, -0.1) is 0 Å². The van der Waals surface area contributed by atoms with E-state index in [0.717, 1.165) is 11.1 Å². The van der Waals surface area contributed by atoms with Crippen molar-refractivity contribution < 1.29 is 4.74 Å². The lowest BCUT2D eigenvalue weighted by atomic mass is 9.99. The van der Waals surface area contributed by atoms with Gasteiger partial charge in [0.25, 0.3) is 0 Å². The van der Waals surface area contributed by atoms with Crippen LogP contribution in [0.15, 0.2) is 60.9 Å². The van der Waals surface area contributed by atoms with Crippen LogP contribution in [0.4, 0.5) is 0 Å². The molecule has 20 heavy (non-hydrogen) atoms. The van der Waals surface area contributed by atoms with E-state index in [4.69, 9.17) is 4.74 Å². The standard InChI is InChI=1S/C18H17NO/c1-13(2)20-16-7-3-5-14(11-16)17-8-4-6-15-12-19-10-9-18(15)17/h3-13H,1-2H3. The van der Waals surface area contributed by atoms with Crippen LogP contribution in [0.5, 0.6) is 5.75 Å².